The number of aromatic nitrogens is 1. The Morgan fingerprint density at radius 2 is 1.62 bits per heavy atom. The quantitative estimate of drug-likeness (QED) is 0.187. The van der Waals surface area contributed by atoms with E-state index in [0.29, 0.717) is 29.0 Å². The summed E-state index contributed by atoms with van der Waals surface area (Å²) in [7, 11) is 4.68. The molecule has 200 valence electrons. The van der Waals surface area contributed by atoms with Crippen LogP contribution in [-0.4, -0.2) is 54.6 Å². The van der Waals surface area contributed by atoms with Crippen molar-refractivity contribution in [2.24, 2.45) is 0 Å². The second-order valence-electron chi connectivity index (χ2n) is 9.44. The maximum atomic E-state index is 13.5. The second-order valence-corrected chi connectivity index (χ2v) is 9.44. The van der Waals surface area contributed by atoms with Crippen molar-refractivity contribution in [3.8, 4) is 17.2 Å². The van der Waals surface area contributed by atoms with Crippen molar-refractivity contribution < 1.29 is 28.9 Å². The number of methoxy groups -OCH3 is 3. The number of aliphatic hydroxyl groups excluding tert-OH is 1. The number of hydrogen-bond acceptors (Lipinski definition) is 6. The average Bonchev–Trinajstić information content (AvgIpc) is 3.48. The Balaban J connectivity index is 1.61. The highest BCUT2D eigenvalue weighted by atomic mass is 16.5. The molecular formula is C31H30N2O6. The molecule has 1 saturated heterocycles. The number of ketones is 1. The van der Waals surface area contributed by atoms with Gasteiger partial charge in [0.1, 0.15) is 23.0 Å². The van der Waals surface area contributed by atoms with Crippen molar-refractivity contribution in [1.29, 1.82) is 0 Å². The molecule has 8 heteroatoms. The number of aryl methyl sites for hydroxylation is 1. The summed E-state index contributed by atoms with van der Waals surface area (Å²) in [5.74, 6) is 0.0693. The number of amides is 1. The molecule has 1 aliphatic heterocycles. The molecule has 0 radical (unpaired) electrons. The number of carbonyl (C=O) groups is 2. The molecule has 2 heterocycles. The number of aromatic amines is 1. The van der Waals surface area contributed by atoms with Gasteiger partial charge in [-0.3, -0.25) is 9.59 Å². The van der Waals surface area contributed by atoms with Crippen LogP contribution in [0.5, 0.6) is 17.2 Å². The summed E-state index contributed by atoms with van der Waals surface area (Å²) in [4.78, 5) is 31.7. The molecule has 0 aliphatic carbocycles. The smallest absolute Gasteiger partial charge is 0.295 e. The molecule has 3 aromatic carbocycles. The molecule has 1 aromatic heterocycles. The number of nitrogens with zero attached hydrogens (tertiary/aromatic N) is 1. The Morgan fingerprint density at radius 3 is 2.31 bits per heavy atom. The molecule has 1 atom stereocenters. The van der Waals surface area contributed by atoms with Gasteiger partial charge in [-0.05, 0) is 55.3 Å². The van der Waals surface area contributed by atoms with Gasteiger partial charge in [0, 0.05) is 34.8 Å². The Kier molecular flexibility index (Phi) is 7.02. The molecule has 0 bridgehead atoms. The van der Waals surface area contributed by atoms with Crippen LogP contribution in [0.2, 0.25) is 0 Å². The van der Waals surface area contributed by atoms with Crippen molar-refractivity contribution in [3.05, 3.63) is 94.7 Å². The summed E-state index contributed by atoms with van der Waals surface area (Å²) >= 11 is 0. The van der Waals surface area contributed by atoms with Crippen LogP contribution < -0.4 is 14.2 Å². The van der Waals surface area contributed by atoms with E-state index < -0.39 is 17.7 Å². The second kappa shape index (κ2) is 10.6. The molecular weight excluding hydrogens is 496 g/mol. The normalized spacial score (nSPS) is 16.6. The fraction of sp³-hybridized carbons (Fsp3) is 0.226. The van der Waals surface area contributed by atoms with Crippen molar-refractivity contribution in [2.45, 2.75) is 19.4 Å². The van der Waals surface area contributed by atoms with Gasteiger partial charge in [-0.25, -0.2) is 0 Å². The zero-order valence-corrected chi connectivity index (χ0v) is 22.3. The maximum Gasteiger partial charge on any atom is 0.295 e. The van der Waals surface area contributed by atoms with E-state index in [2.05, 4.69) is 4.98 Å². The largest absolute Gasteiger partial charge is 0.507 e. The van der Waals surface area contributed by atoms with Crippen LogP contribution in [0, 0.1) is 6.92 Å². The molecule has 0 spiro atoms. The van der Waals surface area contributed by atoms with Crippen LogP contribution in [-0.2, 0) is 16.0 Å². The highest BCUT2D eigenvalue weighted by Crippen LogP contribution is 2.44. The van der Waals surface area contributed by atoms with Crippen LogP contribution in [0.1, 0.15) is 28.3 Å². The lowest BCUT2D eigenvalue weighted by Crippen LogP contribution is -2.31. The highest BCUT2D eigenvalue weighted by Gasteiger charge is 2.47. The van der Waals surface area contributed by atoms with Crippen LogP contribution in [0.4, 0.5) is 0 Å². The Bertz CT molecular complexity index is 1580. The Hall–Kier alpha value is -4.72. The van der Waals surface area contributed by atoms with E-state index in [1.807, 2.05) is 43.5 Å². The molecule has 1 amide bonds. The summed E-state index contributed by atoms with van der Waals surface area (Å²) in [5, 5.41) is 12.4. The number of carbonyl (C=O) groups excluding carboxylic acids is 2. The minimum Gasteiger partial charge on any atom is -0.507 e. The van der Waals surface area contributed by atoms with Crippen molar-refractivity contribution in [2.75, 3.05) is 27.9 Å². The van der Waals surface area contributed by atoms with E-state index >= 15 is 0 Å². The number of Topliss-reactive ketones (excluding diaryl/α,β-unsaturated/α-hetero) is 1. The summed E-state index contributed by atoms with van der Waals surface area (Å²) in [5.41, 5.74) is 3.93. The van der Waals surface area contributed by atoms with Gasteiger partial charge in [-0.2, -0.15) is 0 Å². The molecule has 8 nitrogen and oxygen atoms in total. The van der Waals surface area contributed by atoms with Gasteiger partial charge in [0.25, 0.3) is 11.7 Å². The van der Waals surface area contributed by atoms with Gasteiger partial charge in [0.15, 0.2) is 0 Å². The lowest BCUT2D eigenvalue weighted by molar-refractivity contribution is -0.139. The van der Waals surface area contributed by atoms with E-state index in [0.717, 1.165) is 27.8 Å². The van der Waals surface area contributed by atoms with Gasteiger partial charge in [-0.1, -0.05) is 29.8 Å². The lowest BCUT2D eigenvalue weighted by Gasteiger charge is -2.27. The fourth-order valence-corrected chi connectivity index (χ4v) is 5.09. The van der Waals surface area contributed by atoms with Crippen LogP contribution >= 0.6 is 0 Å². The number of likely N-dealkylation sites (tertiary alicyclic amines) is 1. The number of rotatable bonds is 8. The van der Waals surface area contributed by atoms with Crippen LogP contribution in [0.15, 0.2) is 72.4 Å². The molecule has 4 aromatic rings. The highest BCUT2D eigenvalue weighted by molar-refractivity contribution is 6.46. The standard InChI is InChI=1S/C31H30N2O6/c1-18-5-7-19(8-6-18)29(34)27-28(24-16-22(38-3)10-12-26(24)39-4)33(31(36)30(27)35)14-13-20-17-32-25-11-9-21(37-2)15-23(20)25/h5-12,15-17,28,32,34H,13-14H2,1-4H3/t28-/m0/s1. The maximum absolute atomic E-state index is 13.5. The first kappa shape index (κ1) is 25.9. The molecule has 1 aliphatic rings. The first-order valence-electron chi connectivity index (χ1n) is 12.6. The number of benzene rings is 3. The third-order valence-corrected chi connectivity index (χ3v) is 7.19. The summed E-state index contributed by atoms with van der Waals surface area (Å²) in [6.07, 6.45) is 2.36. The van der Waals surface area contributed by atoms with Crippen molar-refractivity contribution in [1.82, 2.24) is 9.88 Å². The Labute approximate surface area is 226 Å². The minimum absolute atomic E-state index is 0.0102. The van der Waals surface area contributed by atoms with Crippen molar-refractivity contribution >= 4 is 28.4 Å². The predicted molar refractivity (Wildman–Crippen MR) is 148 cm³/mol. The minimum atomic E-state index is -0.879. The zero-order valence-electron chi connectivity index (χ0n) is 22.3. The molecule has 2 N–H and O–H groups in total. The van der Waals surface area contributed by atoms with E-state index in [1.165, 1.54) is 12.0 Å². The zero-order chi connectivity index (χ0) is 27.7. The number of hydrogen-bond donors (Lipinski definition) is 2. The first-order chi connectivity index (χ1) is 18.9. The summed E-state index contributed by atoms with van der Waals surface area (Å²) in [6, 6.07) is 17.2. The van der Waals surface area contributed by atoms with Crippen LogP contribution in [0.25, 0.3) is 16.7 Å². The van der Waals surface area contributed by atoms with Gasteiger partial charge in [-0.15, -0.1) is 0 Å². The SMILES string of the molecule is COc1ccc(OC)c([C@H]2C(=C(O)c3ccc(C)cc3)C(=O)C(=O)N2CCc2c[nH]c3ccc(OC)cc23)c1. The third-order valence-electron chi connectivity index (χ3n) is 7.19. The van der Waals surface area contributed by atoms with E-state index in [4.69, 9.17) is 14.2 Å². The van der Waals surface area contributed by atoms with Gasteiger partial charge in [0.2, 0.25) is 0 Å². The van der Waals surface area contributed by atoms with Crippen molar-refractivity contribution in [3.63, 3.8) is 0 Å². The van der Waals surface area contributed by atoms with Gasteiger partial charge < -0.3 is 29.2 Å². The van der Waals surface area contributed by atoms with Gasteiger partial charge >= 0.3 is 0 Å². The molecule has 5 rings (SSSR count). The number of aliphatic hydroxyl groups is 1. The van der Waals surface area contributed by atoms with E-state index in [9.17, 15) is 14.7 Å². The molecule has 0 unspecified atom stereocenters. The third kappa shape index (κ3) is 4.69. The van der Waals surface area contributed by atoms with Crippen LogP contribution in [0.3, 0.4) is 0 Å². The van der Waals surface area contributed by atoms with E-state index in [1.54, 1.807) is 44.6 Å². The average molecular weight is 527 g/mol. The number of nitrogens with one attached hydrogen (secondary N) is 1. The number of fused-ring (bicyclic) bond motifs is 1. The number of ether oxygens (including phenoxy) is 3. The first-order valence-corrected chi connectivity index (χ1v) is 12.6. The number of H-pyrrole nitrogens is 1. The topological polar surface area (TPSA) is 101 Å². The predicted octanol–water partition coefficient (Wildman–Crippen LogP) is 5.17. The summed E-state index contributed by atoms with van der Waals surface area (Å²) < 4.78 is 16.5. The summed E-state index contributed by atoms with van der Waals surface area (Å²) in [6.45, 7) is 2.16. The molecule has 39 heavy (non-hydrogen) atoms. The molecule has 0 saturated carbocycles. The Morgan fingerprint density at radius 1 is 0.923 bits per heavy atom. The van der Waals surface area contributed by atoms with E-state index in [-0.39, 0.29) is 17.9 Å². The monoisotopic (exact) mass is 526 g/mol. The molecule has 1 fully saturated rings. The fourth-order valence-electron chi connectivity index (χ4n) is 5.09. The lowest BCUT2D eigenvalue weighted by atomic mass is 9.94. The van der Waals surface area contributed by atoms with Gasteiger partial charge in [0.05, 0.1) is 32.9 Å².